The molecule has 18 heavy (non-hydrogen) atoms. The van der Waals surface area contributed by atoms with Crippen LogP contribution in [-0.2, 0) is 16.0 Å². The molecule has 0 saturated carbocycles. The van der Waals surface area contributed by atoms with Crippen LogP contribution in [0.15, 0.2) is 9.95 Å². The Kier molecular flexibility index (Phi) is 5.39. The Labute approximate surface area is 108 Å². The molecule has 0 fully saturated rings. The van der Waals surface area contributed by atoms with E-state index in [0.29, 0.717) is 23.9 Å². The van der Waals surface area contributed by atoms with Crippen LogP contribution >= 0.6 is 11.8 Å². The van der Waals surface area contributed by atoms with Crippen LogP contribution in [0.4, 0.5) is 0 Å². The third kappa shape index (κ3) is 3.60. The van der Waals surface area contributed by atoms with Crippen molar-refractivity contribution >= 4 is 17.7 Å². The first kappa shape index (κ1) is 14.3. The standard InChI is InChI=1S/C11H13N3O3S/c1-3-8-7(5-12)10(16)14-11(13-8)18-6-9(15)17-4-2/h3-4,6H2,1-2H3,(H,13,14,16). The molecule has 1 N–H and O–H groups in total. The lowest BCUT2D eigenvalue weighted by Crippen LogP contribution is -2.17. The van der Waals surface area contributed by atoms with Gasteiger partial charge in [0.05, 0.1) is 18.1 Å². The van der Waals surface area contributed by atoms with Gasteiger partial charge in [0.15, 0.2) is 5.16 Å². The summed E-state index contributed by atoms with van der Waals surface area (Å²) >= 11 is 1.08. The number of nitrogens with one attached hydrogen (secondary N) is 1. The van der Waals surface area contributed by atoms with E-state index in [-0.39, 0.29) is 17.3 Å². The number of thioether (sulfide) groups is 1. The van der Waals surface area contributed by atoms with Crippen LogP contribution in [0, 0.1) is 11.3 Å². The first-order chi connectivity index (χ1) is 8.62. The van der Waals surface area contributed by atoms with Gasteiger partial charge in [0.1, 0.15) is 11.6 Å². The summed E-state index contributed by atoms with van der Waals surface area (Å²) in [6, 6.07) is 1.82. The third-order valence-corrected chi connectivity index (χ3v) is 2.90. The molecule has 0 bridgehead atoms. The highest BCUT2D eigenvalue weighted by atomic mass is 32.2. The predicted octanol–water partition coefficient (Wildman–Crippen LogP) is 0.859. The molecule has 0 aliphatic carbocycles. The van der Waals surface area contributed by atoms with E-state index in [1.54, 1.807) is 6.92 Å². The zero-order valence-electron chi connectivity index (χ0n) is 10.1. The Morgan fingerprint density at radius 1 is 1.56 bits per heavy atom. The molecule has 0 unspecified atom stereocenters. The molecule has 0 saturated heterocycles. The van der Waals surface area contributed by atoms with Crippen molar-refractivity contribution < 1.29 is 9.53 Å². The largest absolute Gasteiger partial charge is 0.465 e. The van der Waals surface area contributed by atoms with Crippen LogP contribution in [0.25, 0.3) is 0 Å². The molecular weight excluding hydrogens is 254 g/mol. The van der Waals surface area contributed by atoms with E-state index in [1.165, 1.54) is 0 Å². The number of rotatable bonds is 5. The van der Waals surface area contributed by atoms with Crippen molar-refractivity contribution in [3.8, 4) is 6.07 Å². The van der Waals surface area contributed by atoms with Crippen LogP contribution in [0.3, 0.4) is 0 Å². The quantitative estimate of drug-likeness (QED) is 0.483. The zero-order valence-corrected chi connectivity index (χ0v) is 11.0. The summed E-state index contributed by atoms with van der Waals surface area (Å²) < 4.78 is 4.76. The topological polar surface area (TPSA) is 95.8 Å². The Morgan fingerprint density at radius 2 is 2.28 bits per heavy atom. The van der Waals surface area contributed by atoms with E-state index in [1.807, 2.05) is 13.0 Å². The fraction of sp³-hybridized carbons (Fsp3) is 0.455. The highest BCUT2D eigenvalue weighted by molar-refractivity contribution is 7.99. The number of esters is 1. The summed E-state index contributed by atoms with van der Waals surface area (Å²) in [5, 5.41) is 9.14. The lowest BCUT2D eigenvalue weighted by Gasteiger charge is -2.04. The second kappa shape index (κ2) is 6.81. The number of carbonyl (C=O) groups excluding carboxylic acids is 1. The molecule has 0 amide bonds. The summed E-state index contributed by atoms with van der Waals surface area (Å²) in [6.07, 6.45) is 0.486. The van der Waals surface area contributed by atoms with E-state index in [0.717, 1.165) is 11.8 Å². The fourth-order valence-corrected chi connectivity index (χ4v) is 1.94. The number of aromatic amines is 1. The minimum atomic E-state index is -0.476. The molecule has 0 aromatic carbocycles. The second-order valence-corrected chi connectivity index (χ2v) is 4.22. The van der Waals surface area contributed by atoms with Crippen molar-refractivity contribution in [2.45, 2.75) is 25.4 Å². The molecule has 0 spiro atoms. The van der Waals surface area contributed by atoms with Gasteiger partial charge in [0.25, 0.3) is 5.56 Å². The number of nitrogens with zero attached hydrogens (tertiary/aromatic N) is 2. The molecule has 7 heteroatoms. The van der Waals surface area contributed by atoms with Crippen molar-refractivity contribution in [1.82, 2.24) is 9.97 Å². The first-order valence-corrected chi connectivity index (χ1v) is 6.42. The minimum Gasteiger partial charge on any atom is -0.465 e. The summed E-state index contributed by atoms with van der Waals surface area (Å²) in [6.45, 7) is 3.85. The van der Waals surface area contributed by atoms with Crippen LogP contribution in [0.1, 0.15) is 25.1 Å². The van der Waals surface area contributed by atoms with Crippen LogP contribution < -0.4 is 5.56 Å². The minimum absolute atomic E-state index is 0.0259. The average Bonchev–Trinajstić information content (AvgIpc) is 2.36. The molecule has 6 nitrogen and oxygen atoms in total. The van der Waals surface area contributed by atoms with Crippen LogP contribution in [-0.4, -0.2) is 28.3 Å². The van der Waals surface area contributed by atoms with Gasteiger partial charge < -0.3 is 9.72 Å². The van der Waals surface area contributed by atoms with Gasteiger partial charge in [-0.2, -0.15) is 5.26 Å². The van der Waals surface area contributed by atoms with E-state index in [9.17, 15) is 9.59 Å². The smallest absolute Gasteiger partial charge is 0.316 e. The number of nitriles is 1. The summed E-state index contributed by atoms with van der Waals surface area (Å²) in [4.78, 5) is 29.3. The molecule has 1 rings (SSSR count). The lowest BCUT2D eigenvalue weighted by atomic mass is 10.2. The highest BCUT2D eigenvalue weighted by Gasteiger charge is 2.11. The number of ether oxygens (including phenoxy) is 1. The molecule has 1 aromatic rings. The van der Waals surface area contributed by atoms with Gasteiger partial charge in [-0.3, -0.25) is 9.59 Å². The predicted molar refractivity (Wildman–Crippen MR) is 66.3 cm³/mol. The van der Waals surface area contributed by atoms with E-state index >= 15 is 0 Å². The molecule has 96 valence electrons. The number of aromatic nitrogens is 2. The molecule has 0 aliphatic rings. The Balaban J connectivity index is 2.86. The lowest BCUT2D eigenvalue weighted by molar-refractivity contribution is -0.139. The van der Waals surface area contributed by atoms with Gasteiger partial charge in [0.2, 0.25) is 0 Å². The second-order valence-electron chi connectivity index (χ2n) is 3.25. The van der Waals surface area contributed by atoms with E-state index in [2.05, 4.69) is 9.97 Å². The Morgan fingerprint density at radius 3 is 2.83 bits per heavy atom. The molecule has 0 radical (unpaired) electrons. The van der Waals surface area contributed by atoms with Gasteiger partial charge in [-0.15, -0.1) is 0 Å². The number of H-pyrrole nitrogens is 1. The van der Waals surface area contributed by atoms with Crippen molar-refractivity contribution in [1.29, 1.82) is 5.26 Å². The maximum Gasteiger partial charge on any atom is 0.316 e. The molecule has 1 aromatic heterocycles. The van der Waals surface area contributed by atoms with E-state index < -0.39 is 5.56 Å². The molecule has 0 aliphatic heterocycles. The third-order valence-electron chi connectivity index (χ3n) is 2.05. The average molecular weight is 267 g/mol. The van der Waals surface area contributed by atoms with E-state index in [4.69, 9.17) is 10.00 Å². The summed E-state index contributed by atoms with van der Waals surface area (Å²) in [7, 11) is 0. The summed E-state index contributed by atoms with van der Waals surface area (Å²) in [5.74, 6) is -0.293. The maximum atomic E-state index is 11.6. The zero-order chi connectivity index (χ0) is 13.5. The maximum absolute atomic E-state index is 11.6. The van der Waals surface area contributed by atoms with Gasteiger partial charge in [-0.05, 0) is 13.3 Å². The van der Waals surface area contributed by atoms with Crippen molar-refractivity contribution in [3.63, 3.8) is 0 Å². The van der Waals surface area contributed by atoms with Crippen molar-refractivity contribution in [3.05, 3.63) is 21.6 Å². The number of hydrogen-bond acceptors (Lipinski definition) is 6. The monoisotopic (exact) mass is 267 g/mol. The normalized spacial score (nSPS) is 9.83. The van der Waals surface area contributed by atoms with Crippen LogP contribution in [0.2, 0.25) is 0 Å². The highest BCUT2D eigenvalue weighted by Crippen LogP contribution is 2.13. The SMILES string of the molecule is CCOC(=O)CSc1nc(CC)c(C#N)c(=O)[nH]1. The molecule has 0 atom stereocenters. The Hall–Kier alpha value is -1.81. The number of carbonyl (C=O) groups is 1. The van der Waals surface area contributed by atoms with Gasteiger partial charge >= 0.3 is 5.97 Å². The van der Waals surface area contributed by atoms with Crippen molar-refractivity contribution in [2.75, 3.05) is 12.4 Å². The molecular formula is C11H13N3O3S. The van der Waals surface area contributed by atoms with Gasteiger partial charge in [-0.25, -0.2) is 4.98 Å². The van der Waals surface area contributed by atoms with Gasteiger partial charge in [-0.1, -0.05) is 18.7 Å². The van der Waals surface area contributed by atoms with Gasteiger partial charge in [0, 0.05) is 0 Å². The Bertz CT molecular complexity index is 533. The summed E-state index contributed by atoms with van der Waals surface area (Å²) in [5.41, 5.74) is -0.0127. The van der Waals surface area contributed by atoms with Crippen molar-refractivity contribution in [2.24, 2.45) is 0 Å². The number of hydrogen-bond donors (Lipinski definition) is 1. The fourth-order valence-electron chi connectivity index (χ4n) is 1.27. The van der Waals surface area contributed by atoms with Crippen LogP contribution in [0.5, 0.6) is 0 Å². The molecule has 1 heterocycles. The first-order valence-electron chi connectivity index (χ1n) is 5.44. The number of aryl methyl sites for hydroxylation is 1.